The van der Waals surface area contributed by atoms with Crippen LogP contribution in [0.25, 0.3) is 10.9 Å². The number of carbonyl (C=O) groups is 1. The summed E-state index contributed by atoms with van der Waals surface area (Å²) in [6.07, 6.45) is 2.50. The van der Waals surface area contributed by atoms with Crippen LogP contribution in [-0.2, 0) is 6.42 Å². The van der Waals surface area contributed by atoms with Crippen LogP contribution < -0.4 is 29.7 Å². The van der Waals surface area contributed by atoms with E-state index in [1.807, 2.05) is 26.1 Å². The van der Waals surface area contributed by atoms with Crippen LogP contribution in [0.4, 0.5) is 0 Å². The zero-order valence-electron chi connectivity index (χ0n) is 10.9. The Morgan fingerprint density at radius 3 is 2.67 bits per heavy atom. The molecule has 2 aromatic rings. The minimum atomic E-state index is -1.17. The van der Waals surface area contributed by atoms with Crippen molar-refractivity contribution in [2.45, 2.75) is 25.8 Å². The summed E-state index contributed by atoms with van der Waals surface area (Å²) in [5.41, 5.74) is 7.46. The third-order valence-electron chi connectivity index (χ3n) is 2.67. The van der Waals surface area contributed by atoms with Crippen LogP contribution in [0, 0.1) is 0 Å². The third kappa shape index (κ3) is 2.97. The first-order valence-electron chi connectivity index (χ1n) is 5.48. The van der Waals surface area contributed by atoms with Gasteiger partial charge in [0.2, 0.25) is 0 Å². The van der Waals surface area contributed by atoms with Crippen molar-refractivity contribution < 1.29 is 28.8 Å². The summed E-state index contributed by atoms with van der Waals surface area (Å²) in [5.74, 6) is -1.17. The number of nitrogens with two attached hydrogens (primary N) is 1. The van der Waals surface area contributed by atoms with Crippen molar-refractivity contribution in [1.82, 2.24) is 4.98 Å². The van der Waals surface area contributed by atoms with Crippen molar-refractivity contribution >= 4 is 16.9 Å². The Kier molecular flexibility index (Phi) is 4.28. The second kappa shape index (κ2) is 5.19. The number of aromatic nitrogens is 1. The number of benzene rings is 1. The number of aromatic carboxylic acids is 1. The molecular weight excluding hydrogens is 223 g/mol. The van der Waals surface area contributed by atoms with Gasteiger partial charge >= 0.3 is 18.9 Å². The Balaban J connectivity index is 0.00000162. The molecule has 1 aromatic heterocycles. The summed E-state index contributed by atoms with van der Waals surface area (Å²) in [7, 11) is 0. The van der Waals surface area contributed by atoms with Gasteiger partial charge in [-0.2, -0.15) is 0 Å². The Hall–Kier alpha value is -1.21. The standard InChI is InChI=1S/C13H16N2O2.Li/c1-13(2,14)6-8-7-15-11-9(8)4-3-5-10(11)12(16)17;/h3-5,7,15H,6,14H2,1-2H3,(H,16,17);/q;+1/p-1. The van der Waals surface area contributed by atoms with E-state index in [1.54, 1.807) is 6.07 Å². The quantitative estimate of drug-likeness (QED) is 0.596. The zero-order valence-corrected chi connectivity index (χ0v) is 10.9. The van der Waals surface area contributed by atoms with Gasteiger partial charge in [-0.1, -0.05) is 18.2 Å². The number of aromatic amines is 1. The molecule has 4 nitrogen and oxygen atoms in total. The van der Waals surface area contributed by atoms with Gasteiger partial charge < -0.3 is 20.6 Å². The molecule has 0 bridgehead atoms. The topological polar surface area (TPSA) is 81.9 Å². The molecular formula is C13H15LiN2O2. The Bertz CT molecular complexity index is 570. The van der Waals surface area contributed by atoms with E-state index in [9.17, 15) is 9.90 Å². The predicted octanol–water partition coefficient (Wildman–Crippen LogP) is -2.18. The minimum absolute atomic E-state index is 0. The van der Waals surface area contributed by atoms with Crippen LogP contribution in [0.3, 0.4) is 0 Å². The van der Waals surface area contributed by atoms with E-state index >= 15 is 0 Å². The average Bonchev–Trinajstić information content (AvgIpc) is 2.59. The number of carboxylic acids is 1. The smallest absolute Gasteiger partial charge is 0.545 e. The molecule has 5 heteroatoms. The fourth-order valence-corrected chi connectivity index (χ4v) is 2.02. The van der Waals surface area contributed by atoms with Gasteiger partial charge in [0.1, 0.15) is 0 Å². The number of rotatable bonds is 3. The number of hydrogen-bond donors (Lipinski definition) is 2. The minimum Gasteiger partial charge on any atom is -0.545 e. The molecule has 0 radical (unpaired) electrons. The van der Waals surface area contributed by atoms with Crippen molar-refractivity contribution in [2.24, 2.45) is 5.73 Å². The number of nitrogens with one attached hydrogen (secondary N) is 1. The molecule has 3 N–H and O–H groups in total. The Labute approximate surface area is 118 Å². The molecule has 0 aliphatic carbocycles. The first-order valence-corrected chi connectivity index (χ1v) is 5.48. The largest absolute Gasteiger partial charge is 1.00 e. The first kappa shape index (κ1) is 14.8. The first-order chi connectivity index (χ1) is 7.88. The number of hydrogen-bond acceptors (Lipinski definition) is 3. The summed E-state index contributed by atoms with van der Waals surface area (Å²) in [5, 5.41) is 11.8. The van der Waals surface area contributed by atoms with E-state index in [0.29, 0.717) is 11.9 Å². The Morgan fingerprint density at radius 1 is 1.44 bits per heavy atom. The van der Waals surface area contributed by atoms with Gasteiger partial charge in [-0.15, -0.1) is 0 Å². The van der Waals surface area contributed by atoms with Gasteiger partial charge in [-0.25, -0.2) is 0 Å². The van der Waals surface area contributed by atoms with Crippen molar-refractivity contribution in [3.63, 3.8) is 0 Å². The van der Waals surface area contributed by atoms with Crippen LogP contribution in [0.15, 0.2) is 24.4 Å². The van der Waals surface area contributed by atoms with Crippen molar-refractivity contribution in [2.75, 3.05) is 0 Å². The van der Waals surface area contributed by atoms with Gasteiger partial charge in [0, 0.05) is 22.7 Å². The number of H-pyrrole nitrogens is 1. The molecule has 90 valence electrons. The van der Waals surface area contributed by atoms with Crippen LogP contribution in [0.5, 0.6) is 0 Å². The second-order valence-corrected chi connectivity index (χ2v) is 4.99. The number of carboxylic acid groups (broad SMARTS) is 1. The SMILES string of the molecule is CC(C)(N)Cc1c[nH]c2c(C(=O)[O-])cccc12.[Li+]. The molecule has 18 heavy (non-hydrogen) atoms. The molecule has 0 saturated heterocycles. The van der Waals surface area contributed by atoms with Crippen LogP contribution >= 0.6 is 0 Å². The molecule has 0 aliphatic heterocycles. The molecule has 0 atom stereocenters. The number of para-hydroxylation sites is 1. The number of fused-ring (bicyclic) bond motifs is 1. The average molecular weight is 238 g/mol. The summed E-state index contributed by atoms with van der Waals surface area (Å²) >= 11 is 0. The maximum Gasteiger partial charge on any atom is 1.00 e. The van der Waals surface area contributed by atoms with Crippen molar-refractivity contribution in [1.29, 1.82) is 0 Å². The second-order valence-electron chi connectivity index (χ2n) is 4.99. The van der Waals surface area contributed by atoms with E-state index in [2.05, 4.69) is 4.98 Å². The monoisotopic (exact) mass is 238 g/mol. The molecule has 2 rings (SSSR count). The van der Waals surface area contributed by atoms with E-state index < -0.39 is 5.97 Å². The molecule has 0 unspecified atom stereocenters. The van der Waals surface area contributed by atoms with Gasteiger partial charge in [0.05, 0.1) is 11.5 Å². The van der Waals surface area contributed by atoms with E-state index in [0.717, 1.165) is 10.9 Å². The van der Waals surface area contributed by atoms with Crippen LogP contribution in [0.2, 0.25) is 0 Å². The molecule has 0 aliphatic rings. The fraction of sp³-hybridized carbons (Fsp3) is 0.308. The Morgan fingerprint density at radius 2 is 2.11 bits per heavy atom. The van der Waals surface area contributed by atoms with Gasteiger partial charge in [0.15, 0.2) is 0 Å². The predicted molar refractivity (Wildman–Crippen MR) is 64.6 cm³/mol. The molecule has 1 aromatic carbocycles. The van der Waals surface area contributed by atoms with Crippen LogP contribution in [0.1, 0.15) is 29.8 Å². The molecule has 0 amide bonds. The van der Waals surface area contributed by atoms with Crippen molar-refractivity contribution in [3.8, 4) is 0 Å². The molecule has 1 heterocycles. The molecule has 0 saturated carbocycles. The summed E-state index contributed by atoms with van der Waals surface area (Å²) in [4.78, 5) is 13.9. The summed E-state index contributed by atoms with van der Waals surface area (Å²) in [6.45, 7) is 3.88. The van der Waals surface area contributed by atoms with Gasteiger partial charge in [-0.05, 0) is 25.8 Å². The van der Waals surface area contributed by atoms with E-state index in [1.165, 1.54) is 6.07 Å². The summed E-state index contributed by atoms with van der Waals surface area (Å²) in [6, 6.07) is 5.14. The zero-order chi connectivity index (χ0) is 12.6. The normalized spacial score (nSPS) is 11.3. The fourth-order valence-electron chi connectivity index (χ4n) is 2.02. The van der Waals surface area contributed by atoms with E-state index in [-0.39, 0.29) is 30.0 Å². The summed E-state index contributed by atoms with van der Waals surface area (Å²) < 4.78 is 0. The van der Waals surface area contributed by atoms with Gasteiger partial charge in [-0.3, -0.25) is 0 Å². The molecule has 0 fully saturated rings. The third-order valence-corrected chi connectivity index (χ3v) is 2.67. The van der Waals surface area contributed by atoms with Crippen molar-refractivity contribution in [3.05, 3.63) is 35.5 Å². The van der Waals surface area contributed by atoms with Gasteiger partial charge in [0.25, 0.3) is 0 Å². The number of carbonyl (C=O) groups excluding carboxylic acids is 1. The van der Waals surface area contributed by atoms with E-state index in [4.69, 9.17) is 5.73 Å². The maximum atomic E-state index is 11.0. The van der Waals surface area contributed by atoms with Crippen LogP contribution in [-0.4, -0.2) is 16.5 Å². The molecule has 0 spiro atoms. The maximum absolute atomic E-state index is 11.0.